The molecule has 4 amide bonds. The number of anilines is 2. The van der Waals surface area contributed by atoms with Gasteiger partial charge in [0.2, 0.25) is 17.7 Å². The lowest BCUT2D eigenvalue weighted by Gasteiger charge is -2.39. The number of piperazine rings is 2. The van der Waals surface area contributed by atoms with Gasteiger partial charge < -0.3 is 40.7 Å². The number of aliphatic hydroxyl groups excluding tert-OH is 1. The molecule has 6 aromatic rings. The highest BCUT2D eigenvalue weighted by Crippen LogP contribution is 2.44. The first-order valence-corrected chi connectivity index (χ1v) is 40.1. The third-order valence-corrected chi connectivity index (χ3v) is 25.0. The van der Waals surface area contributed by atoms with Gasteiger partial charge >= 0.3 is 5.51 Å². The number of unbranched alkanes of at least 4 members (excludes halogenated alkanes) is 1. The Hall–Kier alpha value is -6.88. The average molecular weight is 1500 g/mol. The monoisotopic (exact) mass is 1500 g/mol. The largest absolute Gasteiger partial charge is 0.501 e. The number of aryl methyl sites for hydroxylation is 1. The van der Waals surface area contributed by atoms with E-state index in [9.17, 15) is 54.3 Å². The van der Waals surface area contributed by atoms with Crippen LogP contribution in [0.5, 0.6) is 0 Å². The molecule has 27 heteroatoms. The van der Waals surface area contributed by atoms with E-state index in [2.05, 4.69) is 66.5 Å². The number of carbonyl (C=O) groups is 4. The summed E-state index contributed by atoms with van der Waals surface area (Å²) >= 11 is 9.20. The van der Waals surface area contributed by atoms with Crippen molar-refractivity contribution >= 4 is 95.1 Å². The Kier molecular flexibility index (Phi) is 25.5. The van der Waals surface area contributed by atoms with E-state index in [0.717, 1.165) is 83.3 Å². The molecule has 0 radical (unpaired) electrons. The lowest BCUT2D eigenvalue weighted by molar-refractivity contribution is -0.144. The van der Waals surface area contributed by atoms with Gasteiger partial charge in [-0.15, -0.1) is 23.1 Å². The van der Waals surface area contributed by atoms with Gasteiger partial charge in [0.05, 0.1) is 38.8 Å². The molecule has 10 rings (SSSR count). The Morgan fingerprint density at radius 1 is 0.794 bits per heavy atom. The first kappa shape index (κ1) is 77.7. The van der Waals surface area contributed by atoms with Crippen LogP contribution in [0.25, 0.3) is 16.0 Å². The molecule has 0 bridgehead atoms. The van der Waals surface area contributed by atoms with Crippen LogP contribution in [0.3, 0.4) is 0 Å². The number of nitrogens with one attached hydrogen (secondary N) is 4. The maximum Gasteiger partial charge on any atom is 0.501 e. The van der Waals surface area contributed by atoms with Crippen molar-refractivity contribution in [1.29, 1.82) is 0 Å². The number of alkyl halides is 3. The zero-order chi connectivity index (χ0) is 73.3. The summed E-state index contributed by atoms with van der Waals surface area (Å²) in [5.74, 6) is -1.90. The summed E-state index contributed by atoms with van der Waals surface area (Å²) in [5.41, 5.74) is 2.64. The molecule has 1 aromatic heterocycles. The topological polar surface area (TPSA) is 234 Å². The number of thiazole rings is 1. The molecular formula is C75H94ClF3N10O9S4. The van der Waals surface area contributed by atoms with Gasteiger partial charge in [-0.3, -0.25) is 24.1 Å². The van der Waals surface area contributed by atoms with Gasteiger partial charge in [0, 0.05) is 118 Å². The highest BCUT2D eigenvalue weighted by Gasteiger charge is 2.49. The molecule has 5 aromatic carbocycles. The van der Waals surface area contributed by atoms with E-state index < -0.39 is 88.2 Å². The summed E-state index contributed by atoms with van der Waals surface area (Å²) in [4.78, 5) is 70.0. The number of allylic oxidation sites excluding steroid dienone is 1. The summed E-state index contributed by atoms with van der Waals surface area (Å²) in [7, 11) is -11.1. The lowest BCUT2D eigenvalue weighted by atomic mass is 9.73. The molecule has 3 saturated heterocycles. The minimum absolute atomic E-state index is 0.0311. The van der Waals surface area contributed by atoms with Crippen molar-refractivity contribution in [2.45, 2.75) is 150 Å². The van der Waals surface area contributed by atoms with Gasteiger partial charge in [-0.1, -0.05) is 106 Å². The molecule has 102 heavy (non-hydrogen) atoms. The molecule has 1 aliphatic carbocycles. The van der Waals surface area contributed by atoms with E-state index in [0.29, 0.717) is 88.5 Å². The molecule has 19 nitrogen and oxygen atoms in total. The summed E-state index contributed by atoms with van der Waals surface area (Å²) in [5, 5.41) is 20.5. The Balaban J connectivity index is 0.704. The fraction of sp³-hybridized carbons (Fsp3) is 0.480. The van der Waals surface area contributed by atoms with Gasteiger partial charge in [-0.2, -0.15) is 13.2 Å². The van der Waals surface area contributed by atoms with Gasteiger partial charge in [0.25, 0.3) is 25.8 Å². The van der Waals surface area contributed by atoms with Crippen LogP contribution in [0, 0.1) is 17.8 Å². The number of likely N-dealkylation sites (tertiary alicyclic amines) is 1. The van der Waals surface area contributed by atoms with E-state index in [-0.39, 0.29) is 42.3 Å². The number of rotatable bonds is 27. The average Bonchev–Trinajstić information content (AvgIpc) is 0.935. The quantitative estimate of drug-likeness (QED) is 0.0238. The van der Waals surface area contributed by atoms with Crippen molar-refractivity contribution in [3.8, 4) is 10.4 Å². The molecule has 3 aliphatic heterocycles. The number of hydrogen-bond acceptors (Lipinski definition) is 17. The van der Waals surface area contributed by atoms with E-state index in [1.54, 1.807) is 29.0 Å². The van der Waals surface area contributed by atoms with Crippen LogP contribution >= 0.6 is 34.7 Å². The van der Waals surface area contributed by atoms with Crippen LogP contribution in [0.4, 0.5) is 24.5 Å². The predicted octanol–water partition coefficient (Wildman–Crippen LogP) is 12.1. The molecule has 0 spiro atoms. The van der Waals surface area contributed by atoms with Crippen LogP contribution in [0.2, 0.25) is 5.02 Å². The summed E-state index contributed by atoms with van der Waals surface area (Å²) in [6, 6.07) is 31.1. The normalized spacial score (nSPS) is 19.1. The van der Waals surface area contributed by atoms with Crippen LogP contribution < -0.4 is 25.6 Å². The highest BCUT2D eigenvalue weighted by atomic mass is 35.5. The van der Waals surface area contributed by atoms with Crippen molar-refractivity contribution in [1.82, 2.24) is 39.9 Å². The van der Waals surface area contributed by atoms with Crippen molar-refractivity contribution < 1.29 is 54.3 Å². The second kappa shape index (κ2) is 33.5. The van der Waals surface area contributed by atoms with E-state index in [4.69, 9.17) is 11.6 Å². The molecule has 2 unspecified atom stereocenters. The first-order valence-electron chi connectivity index (χ1n) is 34.9. The van der Waals surface area contributed by atoms with E-state index in [1.165, 1.54) is 45.5 Å². The number of nitrogens with zero attached hydrogens (tertiary/aromatic N) is 6. The van der Waals surface area contributed by atoms with Crippen LogP contribution in [-0.4, -0.2) is 184 Å². The van der Waals surface area contributed by atoms with Crippen molar-refractivity contribution in [2.24, 2.45) is 10.8 Å². The summed E-state index contributed by atoms with van der Waals surface area (Å²) in [6.45, 7) is 21.6. The number of benzene rings is 5. The Labute approximate surface area is 611 Å². The molecule has 3 fully saturated rings. The molecule has 5 N–H and O–H groups in total. The predicted molar refractivity (Wildman–Crippen MR) is 398 cm³/mol. The molecule has 4 aliphatic rings. The minimum Gasteiger partial charge on any atom is -0.391 e. The maximum atomic E-state index is 14.6. The third kappa shape index (κ3) is 20.1. The standard InChI is InChI=1S/C75H94ClF3N10O9S4/c1-50(52-16-18-54(19-17-52)68-51(2)80-49-100-68)81-71(93)65-43-60(90)47-89(65)72(94)69(73(3,4)5)83-67(91)15-11-12-33-85-35-37-86(38-36-85)34-31-58(48-99-61-13-9-8-10-14-61)82-64-29-28-62(44-66(64)101(95,96)75(77,78)79)102(97,98)84-70(92)55-22-26-59(27-23-55)88-41-39-87(40-42-88)46-56-45-74(6,7)32-30-63(56)53-20-24-57(76)25-21-53/h8-10,13-14,16-29,44,49-50,58,60,65,69,82,90H,11-12,15,30-43,45-48H2,1-7H3,(H,81,93)(H,83,91)(H,84,92)/t50-,58?,60+,65-,69?/m0/s1. The molecular weight excluding hydrogens is 1410 g/mol. The van der Waals surface area contributed by atoms with Crippen LogP contribution in [0.1, 0.15) is 126 Å². The Bertz CT molecular complexity index is 4170. The number of aliphatic hydroxyl groups is 1. The SMILES string of the molecule is Cc1ncsc1-c1ccc([C@H](C)NC(=O)[C@@H]2C[C@@H](O)CN2C(=O)C(NC(=O)CCCCN2CCN(CCC(CSc3ccccc3)Nc3ccc(S(=O)(=O)NC(=O)c4ccc(N5CCN(CC6=C(c7ccc(Cl)cc7)CCC(C)(C)C6)CC5)cc4)cc3S(=O)(=O)C(F)(F)F)CC2)C(C)(C)C)cc1. The first-order chi connectivity index (χ1) is 48.3. The van der Waals surface area contributed by atoms with Gasteiger partial charge in [-0.05, 0) is 159 Å². The van der Waals surface area contributed by atoms with Crippen molar-refractivity contribution in [3.05, 3.63) is 160 Å². The van der Waals surface area contributed by atoms with E-state index >= 15 is 0 Å². The molecule has 0 saturated carbocycles. The lowest BCUT2D eigenvalue weighted by Crippen LogP contribution is -2.57. The van der Waals surface area contributed by atoms with E-state index in [1.807, 2.05) is 106 Å². The number of amides is 4. The summed E-state index contributed by atoms with van der Waals surface area (Å²) < 4.78 is 100. The summed E-state index contributed by atoms with van der Waals surface area (Å²) in [6.07, 6.45) is 3.98. The maximum absolute atomic E-state index is 14.6. The zero-order valence-corrected chi connectivity index (χ0v) is 62.9. The third-order valence-electron chi connectivity index (χ3n) is 19.7. The number of sulfone groups is 1. The van der Waals surface area contributed by atoms with Gasteiger partial charge in [0.1, 0.15) is 17.0 Å². The second-order valence-corrected chi connectivity index (χ2v) is 35.0. The number of halogens is 4. The minimum atomic E-state index is -6.16. The Morgan fingerprint density at radius 2 is 1.44 bits per heavy atom. The smallest absolute Gasteiger partial charge is 0.391 e. The number of aromatic nitrogens is 1. The number of sulfonamides is 1. The van der Waals surface area contributed by atoms with Crippen molar-refractivity contribution in [2.75, 3.05) is 94.5 Å². The fourth-order valence-electron chi connectivity index (χ4n) is 13.8. The van der Waals surface area contributed by atoms with Crippen LogP contribution in [0.15, 0.2) is 147 Å². The number of thioether (sulfide) groups is 1. The fourth-order valence-corrected chi connectivity index (χ4v) is 17.7. The molecule has 4 heterocycles. The second-order valence-electron chi connectivity index (χ2n) is 29.1. The number of carbonyl (C=O) groups excluding carboxylic acids is 4. The van der Waals surface area contributed by atoms with Crippen LogP contribution in [-0.2, 0) is 34.2 Å². The van der Waals surface area contributed by atoms with Crippen molar-refractivity contribution in [3.63, 3.8) is 0 Å². The number of hydrogen-bond donors (Lipinski definition) is 5. The highest BCUT2D eigenvalue weighted by molar-refractivity contribution is 7.99. The molecule has 550 valence electrons. The molecule has 5 atom stereocenters. The number of β-amino-alcohol motifs (C(OH)–C–C–N with tert-alkyl or cyclic N) is 1. The Morgan fingerprint density at radius 3 is 2.08 bits per heavy atom. The van der Waals surface area contributed by atoms with Gasteiger partial charge in [-0.25, -0.2) is 26.5 Å². The van der Waals surface area contributed by atoms with Gasteiger partial charge in [0.15, 0.2) is 0 Å². The zero-order valence-electron chi connectivity index (χ0n) is 58.9.